The molecule has 2 heterocycles. The summed E-state index contributed by atoms with van der Waals surface area (Å²) in [6, 6.07) is 18.9. The summed E-state index contributed by atoms with van der Waals surface area (Å²) >= 11 is 0. The molecule has 0 aromatic heterocycles. The molecule has 5 rings (SSSR count). The number of carbonyl (C=O) groups is 2. The highest BCUT2D eigenvalue weighted by molar-refractivity contribution is 6.51. The Morgan fingerprint density at radius 3 is 2.50 bits per heavy atom. The highest BCUT2D eigenvalue weighted by Gasteiger charge is 2.47. The minimum atomic E-state index is -0.825. The third kappa shape index (κ3) is 4.06. The molecule has 36 heavy (non-hydrogen) atoms. The Labute approximate surface area is 209 Å². The monoisotopic (exact) mass is 485 g/mol. The lowest BCUT2D eigenvalue weighted by Gasteiger charge is -2.26. The summed E-state index contributed by atoms with van der Waals surface area (Å²) < 4.78 is 16.4. The van der Waals surface area contributed by atoms with E-state index in [0.717, 1.165) is 5.56 Å². The molecule has 0 saturated carbocycles. The Bertz CT molecular complexity index is 1360. The molecule has 184 valence electrons. The first-order chi connectivity index (χ1) is 17.4. The van der Waals surface area contributed by atoms with Gasteiger partial charge < -0.3 is 19.3 Å². The van der Waals surface area contributed by atoms with E-state index in [4.69, 9.17) is 14.2 Å². The molecular formula is C29H27NO6. The lowest BCUT2D eigenvalue weighted by atomic mass is 9.93. The summed E-state index contributed by atoms with van der Waals surface area (Å²) in [6.45, 7) is 6.62. The molecule has 7 nitrogen and oxygen atoms in total. The number of Topliss-reactive ketones (excluding diaryl/α,β-unsaturated/α-hetero) is 1. The topological polar surface area (TPSA) is 85.3 Å². The zero-order valence-electron chi connectivity index (χ0n) is 20.4. The van der Waals surface area contributed by atoms with Crippen molar-refractivity contribution in [3.05, 3.63) is 89.0 Å². The van der Waals surface area contributed by atoms with E-state index in [0.29, 0.717) is 46.6 Å². The molecule has 0 spiro atoms. The van der Waals surface area contributed by atoms with Crippen LogP contribution in [-0.2, 0) is 9.59 Å². The van der Waals surface area contributed by atoms with E-state index in [9.17, 15) is 14.7 Å². The lowest BCUT2D eigenvalue weighted by molar-refractivity contribution is -0.132. The van der Waals surface area contributed by atoms with Gasteiger partial charge in [0, 0.05) is 17.3 Å². The number of rotatable bonds is 6. The number of ether oxygens (including phenoxy) is 3. The van der Waals surface area contributed by atoms with E-state index in [1.54, 1.807) is 42.5 Å². The first kappa shape index (κ1) is 23.5. The fourth-order valence-electron chi connectivity index (χ4n) is 4.57. The normalized spacial score (nSPS) is 18.2. The molecule has 0 radical (unpaired) electrons. The van der Waals surface area contributed by atoms with Crippen molar-refractivity contribution in [3.63, 3.8) is 0 Å². The molecule has 1 fully saturated rings. The van der Waals surface area contributed by atoms with E-state index in [2.05, 4.69) is 13.8 Å². The minimum Gasteiger partial charge on any atom is -0.507 e. The molecule has 1 unspecified atom stereocenters. The van der Waals surface area contributed by atoms with Crippen LogP contribution >= 0.6 is 0 Å². The van der Waals surface area contributed by atoms with Gasteiger partial charge in [0.25, 0.3) is 11.7 Å². The lowest BCUT2D eigenvalue weighted by Crippen LogP contribution is -2.29. The average Bonchev–Trinajstić information content (AvgIpc) is 3.46. The van der Waals surface area contributed by atoms with Crippen LogP contribution in [0, 0.1) is 0 Å². The number of aliphatic hydroxyl groups excluding tert-OH is 1. The fourth-order valence-corrected chi connectivity index (χ4v) is 4.57. The van der Waals surface area contributed by atoms with E-state index in [1.807, 2.05) is 31.2 Å². The first-order valence-corrected chi connectivity index (χ1v) is 11.9. The van der Waals surface area contributed by atoms with Gasteiger partial charge >= 0.3 is 0 Å². The van der Waals surface area contributed by atoms with Crippen molar-refractivity contribution in [2.45, 2.75) is 32.7 Å². The standard InChI is InChI=1S/C29H27NO6/c1-4-34-22-7-5-6-21(15-22)30-26(19-10-8-18(9-11-19)17(2)3)25(28(32)29(30)33)27(31)20-12-13-23-24(14-20)36-16-35-23/h5-15,17,26,31H,4,16H2,1-3H3/b27-25-. The number of hydrogen-bond acceptors (Lipinski definition) is 6. The second-order valence-corrected chi connectivity index (χ2v) is 8.99. The maximum atomic E-state index is 13.4. The predicted molar refractivity (Wildman–Crippen MR) is 135 cm³/mol. The van der Waals surface area contributed by atoms with E-state index in [-0.39, 0.29) is 18.1 Å². The van der Waals surface area contributed by atoms with Crippen LogP contribution < -0.4 is 19.1 Å². The molecule has 0 aliphatic carbocycles. The number of hydrogen-bond donors (Lipinski definition) is 1. The third-order valence-corrected chi connectivity index (χ3v) is 6.42. The molecule has 2 aliphatic rings. The van der Waals surface area contributed by atoms with Gasteiger partial charge in [0.15, 0.2) is 11.5 Å². The van der Waals surface area contributed by atoms with E-state index in [1.165, 1.54) is 4.90 Å². The number of fused-ring (bicyclic) bond motifs is 1. The number of ketones is 1. The molecule has 0 bridgehead atoms. The van der Waals surface area contributed by atoms with Gasteiger partial charge in [-0.3, -0.25) is 14.5 Å². The van der Waals surface area contributed by atoms with Crippen LogP contribution in [0.1, 0.15) is 49.4 Å². The van der Waals surface area contributed by atoms with Crippen molar-refractivity contribution in [3.8, 4) is 17.2 Å². The maximum absolute atomic E-state index is 13.4. The highest BCUT2D eigenvalue weighted by atomic mass is 16.7. The Kier molecular flexibility index (Phi) is 6.14. The zero-order valence-corrected chi connectivity index (χ0v) is 20.4. The molecule has 1 atom stereocenters. The number of carbonyl (C=O) groups excluding carboxylic acids is 2. The summed E-state index contributed by atoms with van der Waals surface area (Å²) in [7, 11) is 0. The van der Waals surface area contributed by atoms with Crippen molar-refractivity contribution in [2.24, 2.45) is 0 Å². The Morgan fingerprint density at radius 1 is 1.03 bits per heavy atom. The number of amides is 1. The number of anilines is 1. The van der Waals surface area contributed by atoms with Gasteiger partial charge in [0.05, 0.1) is 18.2 Å². The summed E-state index contributed by atoms with van der Waals surface area (Å²) in [6.07, 6.45) is 0. The minimum absolute atomic E-state index is 0.0120. The molecule has 3 aromatic rings. The van der Waals surface area contributed by atoms with Gasteiger partial charge in [0.1, 0.15) is 11.5 Å². The van der Waals surface area contributed by atoms with Gasteiger partial charge in [-0.05, 0) is 54.3 Å². The SMILES string of the molecule is CCOc1cccc(N2C(=O)C(=O)/C(=C(\O)c3ccc4c(c3)OCO4)C2c2ccc(C(C)C)cc2)c1. The maximum Gasteiger partial charge on any atom is 0.300 e. The quantitative estimate of drug-likeness (QED) is 0.279. The highest BCUT2D eigenvalue weighted by Crippen LogP contribution is 2.44. The predicted octanol–water partition coefficient (Wildman–Crippen LogP) is 5.56. The summed E-state index contributed by atoms with van der Waals surface area (Å²) in [5.74, 6) is 0.182. The summed E-state index contributed by atoms with van der Waals surface area (Å²) in [5.41, 5.74) is 2.72. The first-order valence-electron chi connectivity index (χ1n) is 11.9. The van der Waals surface area contributed by atoms with Crippen LogP contribution in [0.5, 0.6) is 17.2 Å². The van der Waals surface area contributed by atoms with Crippen LogP contribution in [0.2, 0.25) is 0 Å². The second-order valence-electron chi connectivity index (χ2n) is 8.99. The smallest absolute Gasteiger partial charge is 0.300 e. The molecule has 3 aromatic carbocycles. The van der Waals surface area contributed by atoms with Crippen molar-refractivity contribution < 1.29 is 28.9 Å². The summed E-state index contributed by atoms with van der Waals surface area (Å²) in [4.78, 5) is 28.2. The Morgan fingerprint density at radius 2 is 1.78 bits per heavy atom. The Hall–Kier alpha value is -4.26. The number of aliphatic hydroxyl groups is 1. The fraction of sp³-hybridized carbons (Fsp3) is 0.241. The summed E-state index contributed by atoms with van der Waals surface area (Å²) in [5, 5.41) is 11.4. The van der Waals surface area contributed by atoms with Gasteiger partial charge in [-0.2, -0.15) is 0 Å². The van der Waals surface area contributed by atoms with Crippen molar-refractivity contribution in [2.75, 3.05) is 18.3 Å². The van der Waals surface area contributed by atoms with Gasteiger partial charge in [-0.1, -0.05) is 44.2 Å². The van der Waals surface area contributed by atoms with Crippen molar-refractivity contribution in [1.82, 2.24) is 0 Å². The molecule has 1 N–H and O–H groups in total. The van der Waals surface area contributed by atoms with Crippen LogP contribution in [0.4, 0.5) is 5.69 Å². The van der Waals surface area contributed by atoms with Gasteiger partial charge in [-0.25, -0.2) is 0 Å². The van der Waals surface area contributed by atoms with E-state index >= 15 is 0 Å². The molecule has 1 amide bonds. The van der Waals surface area contributed by atoms with Crippen molar-refractivity contribution >= 4 is 23.1 Å². The molecular weight excluding hydrogens is 458 g/mol. The number of nitrogens with zero attached hydrogens (tertiary/aromatic N) is 1. The van der Waals surface area contributed by atoms with Crippen LogP contribution in [0.25, 0.3) is 5.76 Å². The molecule has 7 heteroatoms. The van der Waals surface area contributed by atoms with E-state index < -0.39 is 17.7 Å². The largest absolute Gasteiger partial charge is 0.507 e. The number of benzene rings is 3. The zero-order chi connectivity index (χ0) is 25.4. The van der Waals surface area contributed by atoms with Crippen molar-refractivity contribution in [1.29, 1.82) is 0 Å². The van der Waals surface area contributed by atoms with Gasteiger partial charge in [-0.15, -0.1) is 0 Å². The van der Waals surface area contributed by atoms with Crippen LogP contribution in [0.3, 0.4) is 0 Å². The van der Waals surface area contributed by atoms with Gasteiger partial charge in [0.2, 0.25) is 6.79 Å². The third-order valence-electron chi connectivity index (χ3n) is 6.42. The van der Waals surface area contributed by atoms with Crippen LogP contribution in [0.15, 0.2) is 72.3 Å². The molecule has 1 saturated heterocycles. The molecule has 2 aliphatic heterocycles. The second kappa shape index (κ2) is 9.41. The Balaban J connectivity index is 1.67. The van der Waals surface area contributed by atoms with Crippen LogP contribution in [-0.4, -0.2) is 30.2 Å². The average molecular weight is 486 g/mol.